The Labute approximate surface area is 151 Å². The summed E-state index contributed by atoms with van der Waals surface area (Å²) in [6.45, 7) is 1.64. The van der Waals surface area contributed by atoms with Crippen LogP contribution >= 0.6 is 0 Å². The van der Waals surface area contributed by atoms with E-state index >= 15 is 0 Å². The number of nitrogens with one attached hydrogen (secondary N) is 2. The Bertz CT molecular complexity index is 742. The number of rotatable bonds is 8. The molecule has 0 saturated heterocycles. The number of benzene rings is 1. The largest absolute Gasteiger partial charge is 0.461 e. The molecular weight excluding hydrogens is 412 g/mol. The van der Waals surface area contributed by atoms with Crippen molar-refractivity contribution >= 4 is 23.2 Å². The molecule has 0 atom stereocenters. The minimum Gasteiger partial charge on any atom is -0.426 e. The van der Waals surface area contributed by atoms with Crippen LogP contribution in [-0.4, -0.2) is 36.9 Å². The highest BCUT2D eigenvalue weighted by molar-refractivity contribution is 5.98. The van der Waals surface area contributed by atoms with E-state index in [1.54, 1.807) is 5.32 Å². The number of hydrogen-bond acceptors (Lipinski definition) is 4. The van der Waals surface area contributed by atoms with Crippen LogP contribution in [0.4, 0.5) is 46.5 Å². The number of ether oxygens (including phenoxy) is 2. The second kappa shape index (κ2) is 8.48. The van der Waals surface area contributed by atoms with E-state index in [-0.39, 0.29) is 0 Å². The van der Waals surface area contributed by atoms with Crippen LogP contribution in [0.25, 0.3) is 0 Å². The lowest BCUT2D eigenvalue weighted by Crippen LogP contribution is -2.35. The molecule has 28 heavy (non-hydrogen) atoms. The minimum atomic E-state index is -5.20. The topological polar surface area (TPSA) is 76.7 Å². The second-order valence-corrected chi connectivity index (χ2v) is 5.11. The summed E-state index contributed by atoms with van der Waals surface area (Å²) >= 11 is 0. The molecule has 0 radical (unpaired) electrons. The summed E-state index contributed by atoms with van der Waals surface area (Å²) in [5.74, 6) is -4.77. The fourth-order valence-electron chi connectivity index (χ4n) is 1.71. The molecule has 0 saturated carbocycles. The number of anilines is 2. The van der Waals surface area contributed by atoms with Gasteiger partial charge in [0.1, 0.15) is 5.69 Å². The van der Waals surface area contributed by atoms with Crippen LogP contribution in [0.1, 0.15) is 13.8 Å². The maximum atomic E-state index is 13.4. The predicted octanol–water partition coefficient (Wildman–Crippen LogP) is 4.08. The zero-order valence-corrected chi connectivity index (χ0v) is 14.0. The fourth-order valence-corrected chi connectivity index (χ4v) is 1.71. The SMILES string of the molecule is CC(=O)Nc1ccc(OC(F)(F)C(F)F)c(NC(C)=O)c1OC(F)(F)C(F)F. The van der Waals surface area contributed by atoms with E-state index in [1.807, 2.05) is 5.32 Å². The zero-order chi connectivity index (χ0) is 21.9. The smallest absolute Gasteiger partial charge is 0.426 e. The van der Waals surface area contributed by atoms with Crippen molar-refractivity contribution in [3.8, 4) is 11.5 Å². The van der Waals surface area contributed by atoms with Crippen molar-refractivity contribution in [1.82, 2.24) is 0 Å². The molecule has 0 heterocycles. The number of carbonyl (C=O) groups is 2. The average Bonchev–Trinajstić information content (AvgIpc) is 2.51. The molecular formula is C14H12F8N2O4. The van der Waals surface area contributed by atoms with E-state index < -0.39 is 59.8 Å². The third-order valence-corrected chi connectivity index (χ3v) is 2.72. The van der Waals surface area contributed by atoms with Gasteiger partial charge < -0.3 is 20.1 Å². The monoisotopic (exact) mass is 424 g/mol. The summed E-state index contributed by atoms with van der Waals surface area (Å²) < 4.78 is 110. The summed E-state index contributed by atoms with van der Waals surface area (Å²) in [4.78, 5) is 22.4. The van der Waals surface area contributed by atoms with Crippen LogP contribution in [0.15, 0.2) is 12.1 Å². The van der Waals surface area contributed by atoms with Gasteiger partial charge >= 0.3 is 25.1 Å². The van der Waals surface area contributed by atoms with Crippen LogP contribution in [0.2, 0.25) is 0 Å². The van der Waals surface area contributed by atoms with Gasteiger partial charge in [0.05, 0.1) is 5.69 Å². The van der Waals surface area contributed by atoms with Gasteiger partial charge in [-0.05, 0) is 12.1 Å². The van der Waals surface area contributed by atoms with Crippen LogP contribution in [-0.2, 0) is 9.59 Å². The van der Waals surface area contributed by atoms with Crippen LogP contribution in [0, 0.1) is 0 Å². The van der Waals surface area contributed by atoms with E-state index in [1.165, 1.54) is 0 Å². The number of halogens is 8. The van der Waals surface area contributed by atoms with Crippen molar-refractivity contribution in [2.24, 2.45) is 0 Å². The van der Waals surface area contributed by atoms with Crippen LogP contribution in [0.3, 0.4) is 0 Å². The lowest BCUT2D eigenvalue weighted by Gasteiger charge is -2.25. The summed E-state index contributed by atoms with van der Waals surface area (Å²) in [5, 5.41) is 3.56. The molecule has 14 heteroatoms. The Morgan fingerprint density at radius 2 is 1.32 bits per heavy atom. The van der Waals surface area contributed by atoms with Gasteiger partial charge in [-0.2, -0.15) is 35.1 Å². The fraction of sp³-hybridized carbons (Fsp3) is 0.429. The van der Waals surface area contributed by atoms with Gasteiger partial charge in [-0.25, -0.2) is 0 Å². The molecule has 158 valence electrons. The molecule has 0 fully saturated rings. The first kappa shape index (κ1) is 23.2. The van der Waals surface area contributed by atoms with E-state index in [4.69, 9.17) is 0 Å². The maximum absolute atomic E-state index is 13.4. The Hall–Kier alpha value is -2.80. The molecule has 0 aliphatic carbocycles. The van der Waals surface area contributed by atoms with Crippen molar-refractivity contribution in [3.05, 3.63) is 12.1 Å². The summed E-state index contributed by atoms with van der Waals surface area (Å²) in [5.41, 5.74) is -1.97. The number of hydrogen-bond donors (Lipinski definition) is 2. The van der Waals surface area contributed by atoms with Crippen molar-refractivity contribution in [2.75, 3.05) is 10.6 Å². The Kier molecular flexibility index (Phi) is 7.04. The summed E-state index contributed by atoms with van der Waals surface area (Å²) in [6, 6.07) is 1.08. The quantitative estimate of drug-likeness (QED) is 0.617. The lowest BCUT2D eigenvalue weighted by molar-refractivity contribution is -0.255. The van der Waals surface area contributed by atoms with Crippen LogP contribution < -0.4 is 20.1 Å². The molecule has 0 aliphatic heterocycles. The van der Waals surface area contributed by atoms with Gasteiger partial charge in [0.2, 0.25) is 11.8 Å². The van der Waals surface area contributed by atoms with Crippen molar-refractivity contribution in [1.29, 1.82) is 0 Å². The summed E-state index contributed by atoms with van der Waals surface area (Å²) in [7, 11) is 0. The highest BCUT2D eigenvalue weighted by Crippen LogP contribution is 2.46. The molecule has 1 aromatic carbocycles. The van der Waals surface area contributed by atoms with Gasteiger partial charge in [0.25, 0.3) is 0 Å². The van der Waals surface area contributed by atoms with Gasteiger partial charge in [0.15, 0.2) is 11.5 Å². The number of alkyl halides is 8. The van der Waals surface area contributed by atoms with Crippen LogP contribution in [0.5, 0.6) is 11.5 Å². The molecule has 2 N–H and O–H groups in total. The van der Waals surface area contributed by atoms with E-state index in [9.17, 15) is 44.7 Å². The molecule has 0 aliphatic rings. The molecule has 2 amide bonds. The highest BCUT2D eigenvalue weighted by Gasteiger charge is 2.47. The molecule has 6 nitrogen and oxygen atoms in total. The van der Waals surface area contributed by atoms with E-state index in [0.717, 1.165) is 13.8 Å². The molecule has 1 rings (SSSR count). The number of amides is 2. The minimum absolute atomic E-state index is 0.500. The molecule has 1 aromatic rings. The third kappa shape index (κ3) is 5.85. The Morgan fingerprint density at radius 1 is 0.857 bits per heavy atom. The average molecular weight is 424 g/mol. The molecule has 0 aromatic heterocycles. The van der Waals surface area contributed by atoms with Crippen molar-refractivity contribution in [2.45, 2.75) is 38.9 Å². The third-order valence-electron chi connectivity index (χ3n) is 2.72. The second-order valence-electron chi connectivity index (χ2n) is 5.11. The first-order chi connectivity index (χ1) is 12.7. The normalized spacial score (nSPS) is 12.1. The first-order valence-electron chi connectivity index (χ1n) is 7.09. The van der Waals surface area contributed by atoms with Crippen molar-refractivity contribution in [3.63, 3.8) is 0 Å². The number of carbonyl (C=O) groups excluding carboxylic acids is 2. The predicted molar refractivity (Wildman–Crippen MR) is 78.2 cm³/mol. The summed E-state index contributed by atoms with van der Waals surface area (Å²) in [6.07, 6.45) is -19.1. The van der Waals surface area contributed by atoms with Gasteiger partial charge in [0, 0.05) is 13.8 Å². The van der Waals surface area contributed by atoms with Crippen molar-refractivity contribution < 1.29 is 54.2 Å². The first-order valence-corrected chi connectivity index (χ1v) is 7.09. The van der Waals surface area contributed by atoms with Gasteiger partial charge in [-0.1, -0.05) is 0 Å². The highest BCUT2D eigenvalue weighted by atomic mass is 19.3. The lowest BCUT2D eigenvalue weighted by atomic mass is 10.2. The van der Waals surface area contributed by atoms with Gasteiger partial charge in [-0.3, -0.25) is 9.59 Å². The van der Waals surface area contributed by atoms with E-state index in [2.05, 4.69) is 9.47 Å². The maximum Gasteiger partial charge on any atom is 0.461 e. The zero-order valence-electron chi connectivity index (χ0n) is 14.0. The molecule has 0 bridgehead atoms. The Balaban J connectivity index is 3.64. The standard InChI is InChI=1S/C14H12F8N2O4/c1-5(25)23-7-3-4-8(27-13(19,20)11(15)16)9(24-6(2)26)10(7)28-14(21,22)12(17)18/h3-4,11-12H,1-2H3,(H,23,25)(H,24,26). The van der Waals surface area contributed by atoms with E-state index in [0.29, 0.717) is 12.1 Å². The molecule has 0 spiro atoms. The Morgan fingerprint density at radius 3 is 1.75 bits per heavy atom. The molecule has 0 unspecified atom stereocenters. The van der Waals surface area contributed by atoms with Gasteiger partial charge in [-0.15, -0.1) is 0 Å².